The smallest absolute Gasteiger partial charge is 0.790 e. The Morgan fingerprint density at radius 3 is 0.773 bits per heavy atom. The molecule has 0 radical (unpaired) electrons. The summed E-state index contributed by atoms with van der Waals surface area (Å²) in [5.41, 5.74) is -2.79. The van der Waals surface area contributed by atoms with E-state index in [1.54, 1.807) is 0 Å². The van der Waals surface area contributed by atoms with Gasteiger partial charge in [0.15, 0.2) is 0 Å². The van der Waals surface area contributed by atoms with Crippen molar-refractivity contribution in [2.24, 2.45) is 0 Å². The van der Waals surface area contributed by atoms with E-state index in [2.05, 4.69) is 36.2 Å². The fourth-order valence-electron chi connectivity index (χ4n) is 4.72. The maximum absolute atomic E-state index is 13.1. The van der Waals surface area contributed by atoms with Crippen LogP contribution < -0.4 is 345 Å². The van der Waals surface area contributed by atoms with Gasteiger partial charge in [-0.15, -0.1) is 0 Å². The van der Waals surface area contributed by atoms with Crippen molar-refractivity contribution in [1.82, 2.24) is 0 Å². The van der Waals surface area contributed by atoms with E-state index in [1.807, 2.05) is 0 Å². The number of nitro benzene ring substituents is 2. The van der Waals surface area contributed by atoms with E-state index in [1.165, 1.54) is 0 Å². The van der Waals surface area contributed by atoms with Crippen molar-refractivity contribution >= 4 is 58.3 Å². The maximum Gasteiger partial charge on any atom is 1.00 e. The molecule has 0 bridgehead atoms. The van der Waals surface area contributed by atoms with Gasteiger partial charge in [-0.2, -0.15) is 0 Å². The molecule has 2 aromatic rings. The molecule has 0 N–H and O–H groups in total. The van der Waals surface area contributed by atoms with Gasteiger partial charge in [0.05, 0.1) is 65.5 Å². The Bertz CT molecular complexity index is 1940. The summed E-state index contributed by atoms with van der Waals surface area (Å²) in [7, 11) is -40.4. The van der Waals surface area contributed by atoms with Gasteiger partial charge in [-0.1, -0.05) is 24.3 Å². The molecule has 1 fully saturated rings. The Labute approximate surface area is 594 Å². The van der Waals surface area contributed by atoms with E-state index in [4.69, 9.17) is 0 Å². The molecule has 3 rings (SSSR count). The quantitative estimate of drug-likeness (QED) is 0.0514. The molecule has 0 spiro atoms. The van der Waals surface area contributed by atoms with Crippen molar-refractivity contribution in [2.45, 2.75) is 49.8 Å². The summed E-state index contributed by atoms with van der Waals surface area (Å²) in [5.74, 6) is 0. The molecule has 30 nitrogen and oxygen atoms in total. The van der Waals surface area contributed by atoms with Gasteiger partial charge >= 0.3 is 296 Å². The zero-order chi connectivity index (χ0) is 42.7. The molecule has 0 aromatic heterocycles. The molecule has 0 saturated heterocycles. The van der Waals surface area contributed by atoms with Crippen LogP contribution in [0.3, 0.4) is 0 Å². The summed E-state index contributed by atoms with van der Waals surface area (Å²) < 4.78 is 107. The molecule has 316 valence electrons. The van der Waals surface area contributed by atoms with E-state index in [0.717, 1.165) is 48.5 Å². The molecule has 2 unspecified atom stereocenters. The van der Waals surface area contributed by atoms with Gasteiger partial charge in [0.1, 0.15) is 36.6 Å². The molecule has 46 heteroatoms. The van der Waals surface area contributed by atoms with Crippen LogP contribution in [-0.4, -0.2) is 46.5 Å². The summed E-state index contributed by atoms with van der Waals surface area (Å²) in [6, 6.07) is 7.84. The number of benzene rings is 2. The van der Waals surface area contributed by atoms with Gasteiger partial charge in [0, 0.05) is 12.1 Å². The summed E-state index contributed by atoms with van der Waals surface area (Å²) in [4.78, 5) is 141. The van der Waals surface area contributed by atoms with Crippen molar-refractivity contribution in [3.8, 4) is 0 Å². The molecule has 8 atom stereocenters. The van der Waals surface area contributed by atoms with E-state index in [9.17, 15) is 96.6 Å². The van der Waals surface area contributed by atoms with Gasteiger partial charge in [-0.3, -0.25) is 29.4 Å². The minimum atomic E-state index is -6.86. The first kappa shape index (κ1) is 90.4. The summed E-state index contributed by atoms with van der Waals surface area (Å²) in [6.07, 6.45) is -21.9. The second-order valence-corrected chi connectivity index (χ2v) is 17.6. The number of rotatable bonds is 20. The van der Waals surface area contributed by atoms with E-state index in [0.29, 0.717) is 0 Å². The Morgan fingerprint density at radius 1 is 0.379 bits per heavy atom. The van der Waals surface area contributed by atoms with Crippen LogP contribution in [0.2, 0.25) is 0 Å². The van der Waals surface area contributed by atoms with Crippen molar-refractivity contribution in [3.63, 3.8) is 0 Å². The predicted octanol–water partition coefficient (Wildman–Crippen LogP) is -35.1. The molecule has 1 aliphatic carbocycles. The largest absolute Gasteiger partial charge is 1.00 e. The molecule has 0 aliphatic heterocycles. The average Bonchev–Trinajstić information content (AvgIpc) is 3.02. The summed E-state index contributed by atoms with van der Waals surface area (Å²) in [5, 5.41) is 22.7. The number of hydrogen-bond donors (Lipinski definition) is 0. The van der Waals surface area contributed by atoms with Crippen LogP contribution in [0.15, 0.2) is 48.5 Å². The first-order valence-electron chi connectivity index (χ1n) is 13.9. The van der Waals surface area contributed by atoms with Gasteiger partial charge in [0.2, 0.25) is 0 Å². The normalized spacial score (nSPS) is 20.8. The minimum absolute atomic E-state index is 0. The fraction of sp³-hybridized carbons (Fsp3) is 0.400. The zero-order valence-electron chi connectivity index (χ0n) is 36.5. The topological polar surface area (TPSA) is 493 Å². The molecule has 1 aliphatic rings. The van der Waals surface area contributed by atoms with Gasteiger partial charge in [-0.05, 0) is 12.1 Å². The molecule has 2 aromatic carbocycles. The Balaban J connectivity index is -0.000000561. The first-order valence-corrected chi connectivity index (χ1v) is 22.7. The van der Waals surface area contributed by atoms with Crippen LogP contribution in [0.4, 0.5) is 11.4 Å². The first-order chi connectivity index (χ1) is 25.4. The second-order valence-electron chi connectivity index (χ2n) is 10.4. The maximum atomic E-state index is 13.1. The summed E-state index contributed by atoms with van der Waals surface area (Å²) >= 11 is 0. The SMILES string of the molecule is O=[N+]([O-])c1ccccc1COP(=O)([O-])O[C@@H]1[C@H](OP(=O)([O-])[O-])[C@@H](OP(=O)([O-])[O-])[C@H](OP(=O)([O-])[O-])[C@@H](OP(=O)([O-])[O-])[C@@H]1OP(=O)([O-])OCc1ccccc1[N+](=O)[O-].[Na+].[Na+].[Na+].[Na+].[Na+].[Na+].[Na+].[Na+].[Na+].[Na+]. The number of hydrogen-bond acceptors (Lipinski definition) is 28. The van der Waals surface area contributed by atoms with Crippen molar-refractivity contribution < 1.29 is 418 Å². The van der Waals surface area contributed by atoms with E-state index in [-0.39, 0.29) is 296 Å². The molecular weight excluding hydrogens is 1130 g/mol. The Morgan fingerprint density at radius 2 is 0.576 bits per heavy atom. The molecular formula is C20H18N2Na10O28P6. The molecule has 0 heterocycles. The van der Waals surface area contributed by atoms with Crippen LogP contribution in [0.5, 0.6) is 0 Å². The summed E-state index contributed by atoms with van der Waals surface area (Å²) in [6.45, 7) is -2.81. The van der Waals surface area contributed by atoms with Crippen molar-refractivity contribution in [1.29, 1.82) is 0 Å². The van der Waals surface area contributed by atoms with Crippen LogP contribution in [0.25, 0.3) is 0 Å². The van der Waals surface area contributed by atoms with Crippen LogP contribution in [0.1, 0.15) is 11.1 Å². The fourth-order valence-corrected chi connectivity index (χ4v) is 8.66. The number of nitro groups is 2. The van der Waals surface area contributed by atoms with Crippen molar-refractivity contribution in [3.05, 3.63) is 79.9 Å². The average molecular weight is 1150 g/mol. The van der Waals surface area contributed by atoms with Crippen molar-refractivity contribution in [2.75, 3.05) is 0 Å². The Hall–Kier alpha value is 7.90. The second kappa shape index (κ2) is 39.3. The van der Waals surface area contributed by atoms with Crippen LogP contribution in [0, 0.1) is 20.2 Å². The molecule has 1 saturated carbocycles. The molecule has 0 amide bonds. The third-order valence-electron chi connectivity index (χ3n) is 6.58. The number of phosphoric ester groups is 6. The number of phosphoric acid groups is 6. The minimum Gasteiger partial charge on any atom is -0.790 e. The van der Waals surface area contributed by atoms with Crippen LogP contribution in [-0.2, 0) is 76.8 Å². The zero-order valence-corrected chi connectivity index (χ0v) is 61.9. The van der Waals surface area contributed by atoms with E-state index >= 15 is 0 Å². The van der Waals surface area contributed by atoms with Gasteiger partial charge < -0.3 is 103 Å². The standard InChI is InChI=1S/C20H28N2O28P6.10Na/c23-21(24)13-7-3-1-5-11(13)9-43-55(39,40)49-19-17(47-53(33,34)35)15(45-51(27,28)29)16(46-52(30,31)32)18(48-54(36,37)38)20(19)50-56(41,42)44-10-12-6-2-4-8-14(12)22(25)26;;;;;;;;;;/h1-8,15-20H,9-10H2,(H,39,40)(H,41,42)(H2,27,28,29)(H2,30,31,32)(H2,33,34,35)(H2,36,37,38);;;;;;;;;;/q;10*+1/p-10/t15-,16-,17+,18+,19-,20+;;;;;;;;;;/m0........../s1. The third kappa shape index (κ3) is 33.5. The molecule has 66 heavy (non-hydrogen) atoms. The van der Waals surface area contributed by atoms with E-state index < -0.39 is 129 Å². The van der Waals surface area contributed by atoms with Crippen LogP contribution >= 0.6 is 46.9 Å². The Kier molecular flexibility index (Phi) is 53.9. The third-order valence-corrected chi connectivity index (χ3v) is 10.5. The predicted molar refractivity (Wildman–Crippen MR) is 151 cm³/mol. The van der Waals surface area contributed by atoms with Gasteiger partial charge in [-0.25, -0.2) is 0 Å². The number of nitrogens with zero attached hydrogens (tertiary/aromatic N) is 2. The number of para-hydroxylation sites is 2. The van der Waals surface area contributed by atoms with Gasteiger partial charge in [0.25, 0.3) is 27.0 Å². The monoisotopic (exact) mass is 1150 g/mol.